The fraction of sp³-hybridized carbons (Fsp3) is 0.100. The van der Waals surface area contributed by atoms with E-state index >= 15 is 0 Å². The molecule has 0 saturated carbocycles. The van der Waals surface area contributed by atoms with E-state index in [0.717, 1.165) is 4.47 Å². The Morgan fingerprint density at radius 3 is 2.30 bits per heavy atom. The van der Waals surface area contributed by atoms with Crippen LogP contribution in [-0.4, -0.2) is 27.5 Å². The molecule has 30 heavy (non-hydrogen) atoms. The summed E-state index contributed by atoms with van der Waals surface area (Å²) in [5, 5.41) is 0. The van der Waals surface area contributed by atoms with Crippen molar-refractivity contribution in [3.8, 4) is 0 Å². The number of rotatable bonds is 7. The first-order valence-electron chi connectivity index (χ1n) is 8.50. The molecular weight excluding hydrogens is 478 g/mol. The number of carbonyl (C=O) groups is 2. The number of sulfonamides is 1. The molecule has 0 spiro atoms. The molecule has 0 fully saturated rings. The number of nitrogens with one attached hydrogen (secondary N) is 1. The minimum Gasteiger partial charge on any atom is -0.465 e. The molecule has 0 radical (unpaired) electrons. The first-order chi connectivity index (χ1) is 14.3. The van der Waals surface area contributed by atoms with Crippen molar-refractivity contribution in [2.24, 2.45) is 0 Å². The van der Waals surface area contributed by atoms with Gasteiger partial charge in [-0.1, -0.05) is 15.9 Å². The predicted molar refractivity (Wildman–Crippen MR) is 111 cm³/mol. The Hall–Kier alpha value is -3.11. The largest absolute Gasteiger partial charge is 0.465 e. The molecule has 0 aliphatic carbocycles. The van der Waals surface area contributed by atoms with Crippen molar-refractivity contribution in [3.63, 3.8) is 0 Å². The quantitative estimate of drug-likeness (QED) is 0.495. The summed E-state index contributed by atoms with van der Waals surface area (Å²) in [7, 11) is -2.53. The minimum atomic E-state index is -3.76. The van der Waals surface area contributed by atoms with E-state index in [1.165, 1.54) is 55.8 Å². The summed E-state index contributed by atoms with van der Waals surface area (Å²) >= 11 is 3.25. The number of carbonyl (C=O) groups excluding carboxylic acids is 2. The lowest BCUT2D eigenvalue weighted by Gasteiger charge is -2.09. The Kier molecular flexibility index (Phi) is 6.58. The van der Waals surface area contributed by atoms with Gasteiger partial charge in [-0.2, -0.15) is 0 Å². The molecule has 8 nitrogen and oxygen atoms in total. The molecule has 0 aliphatic rings. The third kappa shape index (κ3) is 5.08. The molecule has 10 heteroatoms. The second-order valence-corrected chi connectivity index (χ2v) is 8.56. The molecule has 0 bridgehead atoms. The molecule has 0 amide bonds. The van der Waals surface area contributed by atoms with Gasteiger partial charge in [-0.25, -0.2) is 18.0 Å². The van der Waals surface area contributed by atoms with E-state index in [-0.39, 0.29) is 34.1 Å². The zero-order valence-electron chi connectivity index (χ0n) is 15.6. The monoisotopic (exact) mass is 493 g/mol. The van der Waals surface area contributed by atoms with Crippen LogP contribution in [0.15, 0.2) is 74.6 Å². The first-order valence-corrected chi connectivity index (χ1v) is 10.8. The van der Waals surface area contributed by atoms with Crippen molar-refractivity contribution >= 4 is 43.6 Å². The molecule has 0 aliphatic heterocycles. The van der Waals surface area contributed by atoms with Gasteiger partial charge in [0.15, 0.2) is 12.4 Å². The highest BCUT2D eigenvalue weighted by molar-refractivity contribution is 9.10. The average molecular weight is 494 g/mol. The number of esters is 2. The van der Waals surface area contributed by atoms with Crippen LogP contribution in [0.5, 0.6) is 0 Å². The van der Waals surface area contributed by atoms with Gasteiger partial charge in [0.1, 0.15) is 5.56 Å². The van der Waals surface area contributed by atoms with Crippen LogP contribution in [0.3, 0.4) is 0 Å². The van der Waals surface area contributed by atoms with E-state index in [0.29, 0.717) is 0 Å². The third-order valence-electron chi connectivity index (χ3n) is 3.98. The first kappa shape index (κ1) is 21.6. The molecule has 0 saturated heterocycles. The van der Waals surface area contributed by atoms with Crippen molar-refractivity contribution in [2.45, 2.75) is 11.5 Å². The Labute approximate surface area is 181 Å². The number of furan rings is 1. The molecule has 3 aromatic rings. The number of benzene rings is 2. The molecule has 1 N–H and O–H groups in total. The summed E-state index contributed by atoms with van der Waals surface area (Å²) in [6.45, 7) is -0.256. The van der Waals surface area contributed by atoms with Crippen LogP contribution in [0.25, 0.3) is 0 Å². The van der Waals surface area contributed by atoms with Crippen LogP contribution in [0, 0.1) is 0 Å². The maximum Gasteiger partial charge on any atom is 0.341 e. The summed E-state index contributed by atoms with van der Waals surface area (Å²) in [6.07, 6.45) is 1.29. The third-order valence-corrected chi connectivity index (χ3v) is 5.91. The van der Waals surface area contributed by atoms with E-state index < -0.39 is 22.0 Å². The summed E-state index contributed by atoms with van der Waals surface area (Å²) in [5.41, 5.74) is 0.657. The summed E-state index contributed by atoms with van der Waals surface area (Å²) in [5.74, 6) is -1.10. The zero-order chi connectivity index (χ0) is 21.7. The standard InChI is InChI=1S/C20H16BrNO7S/c1-27-20(24)17-10-11-28-18(17)12-29-19(23)13-2-6-15(7-3-13)22-30(25,26)16-8-4-14(21)5-9-16/h2-11,22H,12H2,1H3. The van der Waals surface area contributed by atoms with Gasteiger partial charge in [-0.05, 0) is 54.6 Å². The van der Waals surface area contributed by atoms with Gasteiger partial charge in [0.25, 0.3) is 10.0 Å². The van der Waals surface area contributed by atoms with Crippen molar-refractivity contribution in [1.29, 1.82) is 0 Å². The van der Waals surface area contributed by atoms with Crippen LogP contribution in [0.2, 0.25) is 0 Å². The van der Waals surface area contributed by atoms with Gasteiger partial charge in [0, 0.05) is 10.2 Å². The molecule has 2 aromatic carbocycles. The van der Waals surface area contributed by atoms with E-state index in [9.17, 15) is 18.0 Å². The van der Waals surface area contributed by atoms with E-state index in [2.05, 4.69) is 25.4 Å². The highest BCUT2D eigenvalue weighted by atomic mass is 79.9. The number of ether oxygens (including phenoxy) is 2. The Morgan fingerprint density at radius 1 is 1.00 bits per heavy atom. The van der Waals surface area contributed by atoms with Gasteiger partial charge in [0.05, 0.1) is 23.8 Å². The smallest absolute Gasteiger partial charge is 0.341 e. The highest BCUT2D eigenvalue weighted by Crippen LogP contribution is 2.20. The van der Waals surface area contributed by atoms with Crippen LogP contribution in [-0.2, 0) is 26.1 Å². The van der Waals surface area contributed by atoms with E-state index in [1.807, 2.05) is 0 Å². The molecule has 1 aromatic heterocycles. The fourth-order valence-electron chi connectivity index (χ4n) is 2.46. The number of hydrogen-bond donors (Lipinski definition) is 1. The van der Waals surface area contributed by atoms with E-state index in [1.54, 1.807) is 12.1 Å². The maximum atomic E-state index is 12.4. The van der Waals surface area contributed by atoms with Crippen molar-refractivity contribution < 1.29 is 31.9 Å². The molecule has 156 valence electrons. The van der Waals surface area contributed by atoms with Crippen LogP contribution < -0.4 is 4.72 Å². The summed E-state index contributed by atoms with van der Waals surface area (Å²) in [4.78, 5) is 23.9. The molecule has 1 heterocycles. The van der Waals surface area contributed by atoms with Gasteiger partial charge >= 0.3 is 11.9 Å². The summed E-state index contributed by atoms with van der Waals surface area (Å²) in [6, 6.07) is 13.3. The molecule has 0 unspecified atom stereocenters. The Bertz CT molecular complexity index is 1150. The maximum absolute atomic E-state index is 12.4. The van der Waals surface area contributed by atoms with Crippen molar-refractivity contribution in [3.05, 3.63) is 82.2 Å². The molecule has 3 rings (SSSR count). The summed E-state index contributed by atoms with van der Waals surface area (Å²) < 4.78 is 42.9. The van der Waals surface area contributed by atoms with Crippen molar-refractivity contribution in [2.75, 3.05) is 11.8 Å². The number of anilines is 1. The second-order valence-electron chi connectivity index (χ2n) is 5.96. The highest BCUT2D eigenvalue weighted by Gasteiger charge is 2.18. The zero-order valence-corrected chi connectivity index (χ0v) is 18.0. The molecular formula is C20H16BrNO7S. The van der Waals surface area contributed by atoms with Crippen molar-refractivity contribution in [1.82, 2.24) is 0 Å². The Balaban J connectivity index is 1.64. The lowest BCUT2D eigenvalue weighted by atomic mass is 10.2. The number of halogens is 1. The van der Waals surface area contributed by atoms with Crippen LogP contribution in [0.1, 0.15) is 26.5 Å². The van der Waals surface area contributed by atoms with Crippen LogP contribution >= 0.6 is 15.9 Å². The van der Waals surface area contributed by atoms with Gasteiger partial charge < -0.3 is 13.9 Å². The van der Waals surface area contributed by atoms with Gasteiger partial charge in [-0.3, -0.25) is 4.72 Å². The predicted octanol–water partition coefficient (Wildman–Crippen LogP) is 3.99. The van der Waals surface area contributed by atoms with E-state index in [4.69, 9.17) is 9.15 Å². The average Bonchev–Trinajstić information content (AvgIpc) is 3.20. The van der Waals surface area contributed by atoms with Gasteiger partial charge in [0.2, 0.25) is 0 Å². The SMILES string of the molecule is COC(=O)c1ccoc1COC(=O)c1ccc(NS(=O)(=O)c2ccc(Br)cc2)cc1. The van der Waals surface area contributed by atoms with Crippen LogP contribution in [0.4, 0.5) is 5.69 Å². The normalized spacial score (nSPS) is 11.0. The lowest BCUT2D eigenvalue weighted by Crippen LogP contribution is -2.13. The Morgan fingerprint density at radius 2 is 1.67 bits per heavy atom. The number of hydrogen-bond acceptors (Lipinski definition) is 7. The fourth-order valence-corrected chi connectivity index (χ4v) is 3.78. The molecule has 0 atom stereocenters. The minimum absolute atomic E-state index is 0.106. The van der Waals surface area contributed by atoms with Gasteiger partial charge in [-0.15, -0.1) is 0 Å². The topological polar surface area (TPSA) is 112 Å². The lowest BCUT2D eigenvalue weighted by molar-refractivity contribution is 0.0432. The second kappa shape index (κ2) is 9.14. The number of methoxy groups -OCH3 is 1.